The molecular weight excluding hydrogens is 228 g/mol. The van der Waals surface area contributed by atoms with Crippen molar-refractivity contribution in [3.05, 3.63) is 17.6 Å². The highest BCUT2D eigenvalue weighted by Gasteiger charge is 2.09. The van der Waals surface area contributed by atoms with Crippen LogP contribution in [0.1, 0.15) is 49.4 Å². The number of amides is 1. The molecule has 18 heavy (non-hydrogen) atoms. The maximum absolute atomic E-state index is 11.8. The van der Waals surface area contributed by atoms with Crippen LogP contribution < -0.4 is 10.6 Å². The van der Waals surface area contributed by atoms with Crippen LogP contribution in [0.4, 0.5) is 5.82 Å². The van der Waals surface area contributed by atoms with Crippen LogP contribution in [0.2, 0.25) is 0 Å². The molecule has 1 aromatic rings. The average Bonchev–Trinajstić information content (AvgIpc) is 2.35. The summed E-state index contributed by atoms with van der Waals surface area (Å²) >= 11 is 0. The summed E-state index contributed by atoms with van der Waals surface area (Å²) in [6, 6.07) is 1.70. The van der Waals surface area contributed by atoms with Crippen LogP contribution in [-0.4, -0.2) is 29.0 Å². The van der Waals surface area contributed by atoms with E-state index in [2.05, 4.69) is 27.5 Å². The zero-order chi connectivity index (χ0) is 13.4. The van der Waals surface area contributed by atoms with Crippen molar-refractivity contribution in [3.63, 3.8) is 0 Å². The summed E-state index contributed by atoms with van der Waals surface area (Å²) in [4.78, 5) is 20.2. The molecule has 0 unspecified atom stereocenters. The van der Waals surface area contributed by atoms with Crippen molar-refractivity contribution in [2.75, 3.05) is 18.4 Å². The Kier molecular flexibility index (Phi) is 6.11. The van der Waals surface area contributed by atoms with Crippen molar-refractivity contribution in [2.45, 2.75) is 40.0 Å². The van der Waals surface area contributed by atoms with E-state index in [-0.39, 0.29) is 5.91 Å². The molecule has 0 radical (unpaired) electrons. The van der Waals surface area contributed by atoms with Crippen LogP contribution in [0.25, 0.3) is 0 Å². The van der Waals surface area contributed by atoms with Gasteiger partial charge in [-0.3, -0.25) is 4.79 Å². The lowest BCUT2D eigenvalue weighted by Crippen LogP contribution is -2.25. The Bertz CT molecular complexity index is 393. The summed E-state index contributed by atoms with van der Waals surface area (Å²) in [5, 5.41) is 6.02. The van der Waals surface area contributed by atoms with Gasteiger partial charge in [-0.15, -0.1) is 0 Å². The van der Waals surface area contributed by atoms with Gasteiger partial charge < -0.3 is 10.6 Å². The molecule has 2 N–H and O–H groups in total. The highest BCUT2D eigenvalue weighted by molar-refractivity contribution is 5.92. The Morgan fingerprint density at radius 1 is 1.22 bits per heavy atom. The molecule has 0 bridgehead atoms. The van der Waals surface area contributed by atoms with Crippen molar-refractivity contribution >= 4 is 11.7 Å². The molecule has 0 aromatic carbocycles. The van der Waals surface area contributed by atoms with E-state index >= 15 is 0 Å². The van der Waals surface area contributed by atoms with E-state index in [4.69, 9.17) is 0 Å². The Morgan fingerprint density at radius 2 is 2.00 bits per heavy atom. The number of hydrogen-bond donors (Lipinski definition) is 2. The standard InChI is InChI=1S/C13H22N4O/c1-4-6-8-14-12-9-11(16-10(3)17-12)13(18)15-7-5-2/h9H,4-8H2,1-3H3,(H,15,18)(H,14,16,17). The zero-order valence-corrected chi connectivity index (χ0v) is 11.4. The normalized spacial score (nSPS) is 10.2. The number of carbonyl (C=O) groups excluding carboxylic acids is 1. The van der Waals surface area contributed by atoms with Gasteiger partial charge in [0.2, 0.25) is 0 Å². The van der Waals surface area contributed by atoms with Gasteiger partial charge in [0.05, 0.1) is 0 Å². The fourth-order valence-corrected chi connectivity index (χ4v) is 1.50. The maximum atomic E-state index is 11.8. The maximum Gasteiger partial charge on any atom is 0.270 e. The Labute approximate surface area is 108 Å². The average molecular weight is 250 g/mol. The lowest BCUT2D eigenvalue weighted by atomic mass is 10.3. The number of rotatable bonds is 7. The van der Waals surface area contributed by atoms with Crippen LogP contribution in [0.15, 0.2) is 6.07 Å². The van der Waals surface area contributed by atoms with Crippen LogP contribution in [0, 0.1) is 6.92 Å². The third-order valence-electron chi connectivity index (χ3n) is 2.44. The number of nitrogens with zero attached hydrogens (tertiary/aromatic N) is 2. The van der Waals surface area contributed by atoms with Gasteiger partial charge in [-0.2, -0.15) is 0 Å². The summed E-state index contributed by atoms with van der Waals surface area (Å²) in [6.45, 7) is 7.48. The monoisotopic (exact) mass is 250 g/mol. The van der Waals surface area contributed by atoms with E-state index < -0.39 is 0 Å². The first kappa shape index (κ1) is 14.4. The molecule has 100 valence electrons. The number of nitrogens with one attached hydrogen (secondary N) is 2. The number of hydrogen-bond acceptors (Lipinski definition) is 4. The Balaban J connectivity index is 2.70. The quantitative estimate of drug-likeness (QED) is 0.728. The largest absolute Gasteiger partial charge is 0.370 e. The molecule has 0 aliphatic heterocycles. The van der Waals surface area contributed by atoms with Gasteiger partial charge in [0.15, 0.2) is 0 Å². The fraction of sp³-hybridized carbons (Fsp3) is 0.615. The minimum Gasteiger partial charge on any atom is -0.370 e. The number of unbranched alkanes of at least 4 members (excludes halogenated alkanes) is 1. The predicted molar refractivity (Wildman–Crippen MR) is 72.8 cm³/mol. The molecule has 0 aliphatic rings. The van der Waals surface area contributed by atoms with Crippen molar-refractivity contribution < 1.29 is 4.79 Å². The molecule has 0 atom stereocenters. The van der Waals surface area contributed by atoms with Crippen LogP contribution in [0.5, 0.6) is 0 Å². The Hall–Kier alpha value is -1.65. The first-order valence-electron chi connectivity index (χ1n) is 6.55. The summed E-state index contributed by atoms with van der Waals surface area (Å²) < 4.78 is 0. The first-order valence-corrected chi connectivity index (χ1v) is 6.55. The van der Waals surface area contributed by atoms with Crippen LogP contribution in [-0.2, 0) is 0 Å². The van der Waals surface area contributed by atoms with E-state index in [1.54, 1.807) is 13.0 Å². The molecular formula is C13H22N4O. The summed E-state index contributed by atoms with van der Waals surface area (Å²) in [5.41, 5.74) is 0.426. The van der Waals surface area contributed by atoms with Gasteiger partial charge in [0.25, 0.3) is 5.91 Å². The first-order chi connectivity index (χ1) is 8.67. The number of aromatic nitrogens is 2. The highest BCUT2D eigenvalue weighted by atomic mass is 16.1. The lowest BCUT2D eigenvalue weighted by molar-refractivity contribution is 0.0948. The molecule has 0 fully saturated rings. The Morgan fingerprint density at radius 3 is 2.67 bits per heavy atom. The second kappa shape index (κ2) is 7.63. The summed E-state index contributed by atoms with van der Waals surface area (Å²) in [7, 11) is 0. The summed E-state index contributed by atoms with van der Waals surface area (Å²) in [6.07, 6.45) is 3.12. The van der Waals surface area contributed by atoms with E-state index in [0.717, 1.165) is 31.6 Å². The SMILES string of the molecule is CCCCNc1cc(C(=O)NCCC)nc(C)n1. The fourth-order valence-electron chi connectivity index (χ4n) is 1.50. The van der Waals surface area contributed by atoms with Gasteiger partial charge in [-0.1, -0.05) is 20.3 Å². The third kappa shape index (κ3) is 4.69. The minimum atomic E-state index is -0.138. The minimum absolute atomic E-state index is 0.138. The molecule has 5 nitrogen and oxygen atoms in total. The van der Waals surface area contributed by atoms with Gasteiger partial charge in [0.1, 0.15) is 17.3 Å². The highest BCUT2D eigenvalue weighted by Crippen LogP contribution is 2.07. The van der Waals surface area contributed by atoms with E-state index in [9.17, 15) is 4.79 Å². The molecule has 0 spiro atoms. The van der Waals surface area contributed by atoms with Crippen molar-refractivity contribution in [1.82, 2.24) is 15.3 Å². The van der Waals surface area contributed by atoms with Gasteiger partial charge in [-0.25, -0.2) is 9.97 Å². The van der Waals surface area contributed by atoms with E-state index in [0.29, 0.717) is 18.1 Å². The second-order valence-electron chi connectivity index (χ2n) is 4.22. The molecule has 1 aromatic heterocycles. The molecule has 0 aliphatic carbocycles. The van der Waals surface area contributed by atoms with Gasteiger partial charge in [-0.05, 0) is 19.8 Å². The molecule has 0 saturated carbocycles. The van der Waals surface area contributed by atoms with Gasteiger partial charge >= 0.3 is 0 Å². The predicted octanol–water partition coefficient (Wildman–Crippen LogP) is 2.14. The topological polar surface area (TPSA) is 66.9 Å². The van der Waals surface area contributed by atoms with E-state index in [1.807, 2.05) is 6.92 Å². The van der Waals surface area contributed by atoms with Crippen molar-refractivity contribution in [2.24, 2.45) is 0 Å². The lowest BCUT2D eigenvalue weighted by Gasteiger charge is -2.08. The van der Waals surface area contributed by atoms with E-state index in [1.165, 1.54) is 0 Å². The van der Waals surface area contributed by atoms with Crippen molar-refractivity contribution in [1.29, 1.82) is 0 Å². The van der Waals surface area contributed by atoms with Crippen molar-refractivity contribution in [3.8, 4) is 0 Å². The number of carbonyl (C=O) groups is 1. The number of anilines is 1. The zero-order valence-electron chi connectivity index (χ0n) is 11.4. The number of aryl methyl sites for hydroxylation is 1. The second-order valence-corrected chi connectivity index (χ2v) is 4.22. The smallest absolute Gasteiger partial charge is 0.270 e. The molecule has 0 saturated heterocycles. The van der Waals surface area contributed by atoms with Crippen LogP contribution >= 0.6 is 0 Å². The summed E-state index contributed by atoms with van der Waals surface area (Å²) in [5.74, 6) is 1.19. The molecule has 1 rings (SSSR count). The molecule has 1 heterocycles. The van der Waals surface area contributed by atoms with Crippen LogP contribution in [0.3, 0.4) is 0 Å². The third-order valence-corrected chi connectivity index (χ3v) is 2.44. The molecule has 1 amide bonds. The van der Waals surface area contributed by atoms with Gasteiger partial charge in [0, 0.05) is 19.2 Å². The molecule has 5 heteroatoms.